The highest BCUT2D eigenvalue weighted by molar-refractivity contribution is 7.27. The zero-order chi connectivity index (χ0) is 32.7. The summed E-state index contributed by atoms with van der Waals surface area (Å²) in [6.07, 6.45) is 0. The third kappa shape index (κ3) is 4.20. The van der Waals surface area contributed by atoms with Crippen molar-refractivity contribution < 1.29 is 0 Å². The Hall–Kier alpha value is -5.57. The molecule has 1 aliphatic carbocycles. The SMILES string of the molecule is CC1(C)c2ccccc2C(c2ccc(-c3cccc4c3sc3c4ccc4c(-c5ccccc5)nc5ccccc5c43)cc2)c2ccccc21. The fraction of sp³-hybridized carbons (Fsp3) is 0.0851. The standard InChI is InChI=1S/C47H33NS/c1-47(2)39-20-9-6-15-35(39)42(36-16-7-10-21-40(36)47)30-25-23-29(24-26-30)32-18-12-19-33-34-27-28-38-43(46(34)49-45(32)33)37-17-8-11-22-41(37)48-44(38)31-13-4-3-5-14-31/h3-28,42H,1-2H3. The van der Waals surface area contributed by atoms with Crippen LogP contribution in [0.4, 0.5) is 0 Å². The lowest BCUT2D eigenvalue weighted by Gasteiger charge is -2.39. The van der Waals surface area contributed by atoms with E-state index < -0.39 is 0 Å². The van der Waals surface area contributed by atoms with E-state index in [1.54, 1.807) is 0 Å². The minimum Gasteiger partial charge on any atom is -0.247 e. The van der Waals surface area contributed by atoms with Gasteiger partial charge < -0.3 is 0 Å². The van der Waals surface area contributed by atoms with E-state index in [2.05, 4.69) is 172 Å². The summed E-state index contributed by atoms with van der Waals surface area (Å²) in [6, 6.07) is 58.0. The number of aromatic nitrogens is 1. The molecule has 0 unspecified atom stereocenters. The highest BCUT2D eigenvalue weighted by Crippen LogP contribution is 2.50. The number of rotatable bonds is 3. The molecule has 0 bridgehead atoms. The molecule has 0 fully saturated rings. The summed E-state index contributed by atoms with van der Waals surface area (Å²) in [5.41, 5.74) is 12.7. The second kappa shape index (κ2) is 10.7. The van der Waals surface area contributed by atoms with Gasteiger partial charge in [-0.15, -0.1) is 11.3 Å². The number of pyridine rings is 1. The van der Waals surface area contributed by atoms with Crippen LogP contribution >= 0.6 is 11.3 Å². The van der Waals surface area contributed by atoms with E-state index in [0.717, 1.165) is 16.8 Å². The minimum atomic E-state index is -0.0339. The summed E-state index contributed by atoms with van der Waals surface area (Å²) in [6.45, 7) is 4.72. The number of hydrogen-bond donors (Lipinski definition) is 0. The molecule has 0 atom stereocenters. The Labute approximate surface area is 290 Å². The maximum atomic E-state index is 5.19. The second-order valence-electron chi connectivity index (χ2n) is 13.8. The van der Waals surface area contributed by atoms with Gasteiger partial charge >= 0.3 is 0 Å². The zero-order valence-electron chi connectivity index (χ0n) is 27.4. The molecule has 0 saturated carbocycles. The maximum Gasteiger partial charge on any atom is 0.0788 e. The van der Waals surface area contributed by atoms with E-state index in [1.165, 1.54) is 75.3 Å². The predicted octanol–water partition coefficient (Wildman–Crippen LogP) is 12.9. The number of thiophene rings is 1. The Morgan fingerprint density at radius 2 is 1.10 bits per heavy atom. The molecule has 1 aliphatic rings. The first-order valence-electron chi connectivity index (χ1n) is 17.1. The van der Waals surface area contributed by atoms with Crippen LogP contribution in [0.1, 0.15) is 47.6 Å². The number of nitrogens with zero attached hydrogens (tertiary/aromatic N) is 1. The van der Waals surface area contributed by atoms with E-state index in [-0.39, 0.29) is 11.3 Å². The monoisotopic (exact) mass is 643 g/mol. The van der Waals surface area contributed by atoms with Gasteiger partial charge in [-0.3, -0.25) is 0 Å². The van der Waals surface area contributed by atoms with Gasteiger partial charge in [0.2, 0.25) is 0 Å². The van der Waals surface area contributed by atoms with Crippen LogP contribution in [0.25, 0.3) is 64.2 Å². The van der Waals surface area contributed by atoms with Crippen molar-refractivity contribution in [1.82, 2.24) is 4.98 Å². The summed E-state index contributed by atoms with van der Waals surface area (Å²) in [7, 11) is 0. The molecule has 10 rings (SSSR count). The molecule has 0 spiro atoms. The van der Waals surface area contributed by atoms with Crippen molar-refractivity contribution in [3.63, 3.8) is 0 Å². The number of hydrogen-bond acceptors (Lipinski definition) is 2. The average molecular weight is 644 g/mol. The van der Waals surface area contributed by atoms with Gasteiger partial charge in [-0.2, -0.15) is 0 Å². The van der Waals surface area contributed by atoms with Crippen LogP contribution in [0, 0.1) is 0 Å². The van der Waals surface area contributed by atoms with Crippen molar-refractivity contribution in [3.8, 4) is 22.4 Å². The fourth-order valence-electron chi connectivity index (χ4n) is 8.50. The van der Waals surface area contributed by atoms with Crippen LogP contribution < -0.4 is 0 Å². The van der Waals surface area contributed by atoms with Gasteiger partial charge in [0.25, 0.3) is 0 Å². The summed E-state index contributed by atoms with van der Waals surface area (Å²) in [5.74, 6) is 0.210. The van der Waals surface area contributed by atoms with Gasteiger partial charge in [0.1, 0.15) is 0 Å². The zero-order valence-corrected chi connectivity index (χ0v) is 28.3. The van der Waals surface area contributed by atoms with Crippen LogP contribution in [0.2, 0.25) is 0 Å². The fourth-order valence-corrected chi connectivity index (χ4v) is 9.89. The van der Waals surface area contributed by atoms with Crippen molar-refractivity contribution in [3.05, 3.63) is 186 Å². The molecule has 7 aromatic carbocycles. The summed E-state index contributed by atoms with van der Waals surface area (Å²) < 4.78 is 2.65. The minimum absolute atomic E-state index is 0.0339. The Morgan fingerprint density at radius 1 is 0.490 bits per heavy atom. The van der Waals surface area contributed by atoms with E-state index in [1.807, 2.05) is 11.3 Å². The van der Waals surface area contributed by atoms with Gasteiger partial charge in [-0.05, 0) is 45.0 Å². The van der Waals surface area contributed by atoms with Crippen molar-refractivity contribution in [1.29, 1.82) is 0 Å². The molecular formula is C47H33NS. The quantitative estimate of drug-likeness (QED) is 0.175. The van der Waals surface area contributed by atoms with Gasteiger partial charge in [0, 0.05) is 53.2 Å². The third-order valence-corrected chi connectivity index (χ3v) is 12.1. The average Bonchev–Trinajstić information content (AvgIpc) is 3.54. The topological polar surface area (TPSA) is 12.9 Å². The van der Waals surface area contributed by atoms with Crippen LogP contribution in [-0.2, 0) is 5.41 Å². The van der Waals surface area contributed by atoms with E-state index in [4.69, 9.17) is 4.98 Å². The first-order chi connectivity index (χ1) is 24.1. The molecule has 9 aromatic rings. The molecule has 1 nitrogen and oxygen atoms in total. The van der Waals surface area contributed by atoms with Crippen LogP contribution in [0.15, 0.2) is 158 Å². The van der Waals surface area contributed by atoms with Crippen LogP contribution in [0.3, 0.4) is 0 Å². The smallest absolute Gasteiger partial charge is 0.0788 e. The van der Waals surface area contributed by atoms with Crippen molar-refractivity contribution in [2.45, 2.75) is 25.2 Å². The van der Waals surface area contributed by atoms with Gasteiger partial charge in [-0.1, -0.05) is 166 Å². The predicted molar refractivity (Wildman–Crippen MR) is 209 cm³/mol. The molecular weight excluding hydrogens is 611 g/mol. The number of benzene rings is 7. The lowest BCUT2D eigenvalue weighted by Crippen LogP contribution is -2.29. The summed E-state index contributed by atoms with van der Waals surface area (Å²) in [4.78, 5) is 5.19. The van der Waals surface area contributed by atoms with Crippen LogP contribution in [0.5, 0.6) is 0 Å². The molecule has 0 saturated heterocycles. The lowest BCUT2D eigenvalue weighted by molar-refractivity contribution is 0.597. The Morgan fingerprint density at radius 3 is 1.86 bits per heavy atom. The maximum absolute atomic E-state index is 5.19. The Bertz CT molecular complexity index is 2680. The summed E-state index contributed by atoms with van der Waals surface area (Å²) >= 11 is 1.92. The highest BCUT2D eigenvalue weighted by atomic mass is 32.1. The molecule has 232 valence electrons. The molecule has 0 N–H and O–H groups in total. The van der Waals surface area contributed by atoms with Gasteiger partial charge in [0.05, 0.1) is 11.2 Å². The van der Waals surface area contributed by atoms with E-state index in [0.29, 0.717) is 0 Å². The Balaban J connectivity index is 1.15. The molecule has 0 aliphatic heterocycles. The molecule has 0 radical (unpaired) electrons. The second-order valence-corrected chi connectivity index (χ2v) is 14.9. The molecule has 0 amide bonds. The van der Waals surface area contributed by atoms with Crippen molar-refractivity contribution >= 4 is 53.2 Å². The van der Waals surface area contributed by atoms with Crippen molar-refractivity contribution in [2.75, 3.05) is 0 Å². The third-order valence-electron chi connectivity index (χ3n) is 10.8. The first-order valence-corrected chi connectivity index (χ1v) is 17.9. The summed E-state index contributed by atoms with van der Waals surface area (Å²) in [5, 5.41) is 6.31. The first kappa shape index (κ1) is 28.4. The normalized spacial score (nSPS) is 14.0. The lowest BCUT2D eigenvalue weighted by atomic mass is 9.64. The van der Waals surface area contributed by atoms with E-state index in [9.17, 15) is 0 Å². The van der Waals surface area contributed by atoms with Crippen LogP contribution in [-0.4, -0.2) is 4.98 Å². The van der Waals surface area contributed by atoms with Gasteiger partial charge in [-0.25, -0.2) is 4.98 Å². The highest BCUT2D eigenvalue weighted by Gasteiger charge is 2.37. The number of fused-ring (bicyclic) bond motifs is 9. The molecule has 2 heterocycles. The number of para-hydroxylation sites is 1. The molecule has 49 heavy (non-hydrogen) atoms. The van der Waals surface area contributed by atoms with Gasteiger partial charge in [0.15, 0.2) is 0 Å². The molecule has 2 heteroatoms. The van der Waals surface area contributed by atoms with E-state index >= 15 is 0 Å². The largest absolute Gasteiger partial charge is 0.247 e. The Kier molecular flexibility index (Phi) is 6.22. The molecule has 2 aromatic heterocycles. The van der Waals surface area contributed by atoms with Crippen molar-refractivity contribution in [2.24, 2.45) is 0 Å².